The molecule has 5 heteroatoms. The molecule has 0 saturated carbocycles. The molecule has 1 heterocycles. The first-order valence-electron chi connectivity index (χ1n) is 6.38. The fourth-order valence-corrected chi connectivity index (χ4v) is 2.25. The molecule has 0 radical (unpaired) electrons. The molecule has 2 N–H and O–H groups in total. The molecule has 20 heavy (non-hydrogen) atoms. The lowest BCUT2D eigenvalue weighted by molar-refractivity contribution is 0.170. The molecule has 106 valence electrons. The van der Waals surface area contributed by atoms with Crippen LogP contribution in [0.5, 0.6) is 5.75 Å². The molecule has 2 rings (SSSR count). The van der Waals surface area contributed by atoms with Crippen molar-refractivity contribution in [1.29, 1.82) is 0 Å². The average molecular weight is 339 g/mol. The van der Waals surface area contributed by atoms with E-state index in [1.165, 1.54) is 12.1 Å². The number of benzene rings is 1. The lowest BCUT2D eigenvalue weighted by Crippen LogP contribution is -2.31. The van der Waals surface area contributed by atoms with Gasteiger partial charge >= 0.3 is 0 Å². The number of ether oxygens (including phenoxy) is 1. The predicted molar refractivity (Wildman–Crippen MR) is 80.0 cm³/mol. The zero-order valence-corrected chi connectivity index (χ0v) is 12.7. The van der Waals surface area contributed by atoms with E-state index in [1.54, 1.807) is 18.5 Å². The highest BCUT2D eigenvalue weighted by Crippen LogP contribution is 2.27. The average Bonchev–Trinajstić information content (AvgIpc) is 2.44. The Morgan fingerprint density at radius 2 is 2.15 bits per heavy atom. The van der Waals surface area contributed by atoms with Crippen LogP contribution >= 0.6 is 15.9 Å². The van der Waals surface area contributed by atoms with Gasteiger partial charge in [-0.25, -0.2) is 4.39 Å². The van der Waals surface area contributed by atoms with E-state index in [2.05, 4.69) is 20.9 Å². The van der Waals surface area contributed by atoms with Gasteiger partial charge in [-0.3, -0.25) is 4.98 Å². The largest absolute Gasteiger partial charge is 0.482 e. The van der Waals surface area contributed by atoms with Gasteiger partial charge in [0.15, 0.2) is 0 Å². The normalized spacial score (nSPS) is 13.8. The predicted octanol–water partition coefficient (Wildman–Crippen LogP) is 3.84. The molecule has 1 aromatic heterocycles. The van der Waals surface area contributed by atoms with Gasteiger partial charge in [-0.05, 0) is 46.1 Å². The van der Waals surface area contributed by atoms with Gasteiger partial charge in [-0.1, -0.05) is 19.1 Å². The summed E-state index contributed by atoms with van der Waals surface area (Å²) in [7, 11) is 0. The lowest BCUT2D eigenvalue weighted by atomic mass is 10.0. The second kappa shape index (κ2) is 6.81. The summed E-state index contributed by atoms with van der Waals surface area (Å²) in [6.45, 7) is 1.97. The SMILES string of the molecule is CCC(N)C(Oc1cncc(Br)c1)c1cccc(F)c1. The Kier molecular flexibility index (Phi) is 5.09. The van der Waals surface area contributed by atoms with Gasteiger partial charge in [0.1, 0.15) is 17.7 Å². The number of pyridine rings is 1. The molecular weight excluding hydrogens is 323 g/mol. The minimum atomic E-state index is -0.410. The zero-order valence-electron chi connectivity index (χ0n) is 11.1. The monoisotopic (exact) mass is 338 g/mol. The quantitative estimate of drug-likeness (QED) is 0.900. The van der Waals surface area contributed by atoms with Gasteiger partial charge in [0, 0.05) is 16.7 Å². The number of aromatic nitrogens is 1. The van der Waals surface area contributed by atoms with Gasteiger partial charge in [0.25, 0.3) is 0 Å². The molecule has 0 aliphatic carbocycles. The van der Waals surface area contributed by atoms with Crippen molar-refractivity contribution in [3.8, 4) is 5.75 Å². The first-order valence-corrected chi connectivity index (χ1v) is 7.17. The van der Waals surface area contributed by atoms with Gasteiger partial charge in [-0.15, -0.1) is 0 Å². The maximum Gasteiger partial charge on any atom is 0.139 e. The highest BCUT2D eigenvalue weighted by molar-refractivity contribution is 9.10. The second-order valence-corrected chi connectivity index (χ2v) is 5.42. The van der Waals surface area contributed by atoms with Crippen molar-refractivity contribution in [2.24, 2.45) is 5.73 Å². The van der Waals surface area contributed by atoms with Crippen LogP contribution in [0.2, 0.25) is 0 Å². The van der Waals surface area contributed by atoms with Gasteiger partial charge < -0.3 is 10.5 Å². The zero-order chi connectivity index (χ0) is 14.5. The minimum Gasteiger partial charge on any atom is -0.482 e. The van der Waals surface area contributed by atoms with Crippen LogP contribution in [0.15, 0.2) is 47.2 Å². The minimum absolute atomic E-state index is 0.226. The summed E-state index contributed by atoms with van der Waals surface area (Å²) in [5, 5.41) is 0. The molecule has 2 unspecified atom stereocenters. The Balaban J connectivity index is 2.29. The van der Waals surface area contributed by atoms with Crippen LogP contribution in [-0.2, 0) is 0 Å². The molecule has 2 aromatic rings. The molecular formula is C15H16BrFN2O. The van der Waals surface area contributed by atoms with E-state index in [4.69, 9.17) is 10.5 Å². The number of nitrogens with zero attached hydrogens (tertiary/aromatic N) is 1. The first-order chi connectivity index (χ1) is 9.60. The van der Waals surface area contributed by atoms with E-state index in [0.717, 1.165) is 16.5 Å². The molecule has 0 aliphatic rings. The summed E-state index contributed by atoms with van der Waals surface area (Å²) in [6.07, 6.45) is 3.60. The van der Waals surface area contributed by atoms with Crippen LogP contribution in [0.25, 0.3) is 0 Å². The van der Waals surface area contributed by atoms with E-state index in [9.17, 15) is 4.39 Å². The number of halogens is 2. The van der Waals surface area contributed by atoms with E-state index >= 15 is 0 Å². The Labute approximate surface area is 126 Å². The van der Waals surface area contributed by atoms with Gasteiger partial charge in [0.05, 0.1) is 6.20 Å². The van der Waals surface area contributed by atoms with E-state index in [-0.39, 0.29) is 11.9 Å². The number of hydrogen-bond acceptors (Lipinski definition) is 3. The van der Waals surface area contributed by atoms with Crippen LogP contribution in [0, 0.1) is 5.82 Å². The molecule has 0 aliphatic heterocycles. The second-order valence-electron chi connectivity index (χ2n) is 4.50. The van der Waals surface area contributed by atoms with Crippen molar-refractivity contribution in [2.75, 3.05) is 0 Å². The molecule has 0 bridgehead atoms. The smallest absolute Gasteiger partial charge is 0.139 e. The van der Waals surface area contributed by atoms with Crippen molar-refractivity contribution in [3.63, 3.8) is 0 Å². The molecule has 0 amide bonds. The molecule has 0 spiro atoms. The van der Waals surface area contributed by atoms with Crippen LogP contribution in [0.4, 0.5) is 4.39 Å². The Hall–Kier alpha value is -1.46. The highest BCUT2D eigenvalue weighted by Gasteiger charge is 2.21. The van der Waals surface area contributed by atoms with Crippen molar-refractivity contribution >= 4 is 15.9 Å². The number of hydrogen-bond donors (Lipinski definition) is 1. The van der Waals surface area contributed by atoms with Crippen LogP contribution in [-0.4, -0.2) is 11.0 Å². The van der Waals surface area contributed by atoms with Crippen molar-refractivity contribution in [3.05, 3.63) is 58.6 Å². The molecule has 0 saturated heterocycles. The van der Waals surface area contributed by atoms with Crippen molar-refractivity contribution < 1.29 is 9.13 Å². The topological polar surface area (TPSA) is 48.1 Å². The third-order valence-corrected chi connectivity index (χ3v) is 3.41. The summed E-state index contributed by atoms with van der Waals surface area (Å²) in [5.41, 5.74) is 6.83. The van der Waals surface area contributed by atoms with Gasteiger partial charge in [0.2, 0.25) is 0 Å². The maximum absolute atomic E-state index is 13.4. The van der Waals surface area contributed by atoms with Gasteiger partial charge in [-0.2, -0.15) is 0 Å². The Bertz CT molecular complexity index is 579. The number of rotatable bonds is 5. The first kappa shape index (κ1) is 14.9. The van der Waals surface area contributed by atoms with E-state index in [1.807, 2.05) is 19.1 Å². The van der Waals surface area contributed by atoms with Crippen molar-refractivity contribution in [1.82, 2.24) is 4.98 Å². The molecule has 1 aromatic carbocycles. The van der Waals surface area contributed by atoms with E-state index in [0.29, 0.717) is 5.75 Å². The standard InChI is InChI=1S/C15H16BrFN2O/c1-2-14(18)15(10-4-3-5-12(17)6-10)20-13-7-11(16)8-19-9-13/h3-9,14-15H,2,18H2,1H3. The lowest BCUT2D eigenvalue weighted by Gasteiger charge is -2.24. The summed E-state index contributed by atoms with van der Waals surface area (Å²) in [5.74, 6) is 0.296. The fraction of sp³-hybridized carbons (Fsp3) is 0.267. The Morgan fingerprint density at radius 3 is 2.80 bits per heavy atom. The maximum atomic E-state index is 13.4. The van der Waals surface area contributed by atoms with Crippen molar-refractivity contribution in [2.45, 2.75) is 25.5 Å². The van der Waals surface area contributed by atoms with Crippen LogP contribution in [0.3, 0.4) is 0 Å². The third-order valence-electron chi connectivity index (χ3n) is 2.98. The number of nitrogens with two attached hydrogens (primary N) is 1. The fourth-order valence-electron chi connectivity index (χ4n) is 1.90. The summed E-state index contributed by atoms with van der Waals surface area (Å²) < 4.78 is 20.1. The third kappa shape index (κ3) is 3.77. The molecule has 3 nitrogen and oxygen atoms in total. The van der Waals surface area contributed by atoms with Crippen LogP contribution < -0.4 is 10.5 Å². The van der Waals surface area contributed by atoms with E-state index < -0.39 is 6.10 Å². The summed E-state index contributed by atoms with van der Waals surface area (Å²) in [6, 6.07) is 7.90. The highest BCUT2D eigenvalue weighted by atomic mass is 79.9. The molecule has 2 atom stereocenters. The summed E-state index contributed by atoms with van der Waals surface area (Å²) in [4.78, 5) is 4.05. The molecule has 0 fully saturated rings. The Morgan fingerprint density at radius 1 is 1.35 bits per heavy atom. The van der Waals surface area contributed by atoms with Crippen LogP contribution in [0.1, 0.15) is 25.0 Å². The summed E-state index contributed by atoms with van der Waals surface area (Å²) >= 11 is 3.34.